The topological polar surface area (TPSA) is 62.1 Å². The third-order valence-electron chi connectivity index (χ3n) is 5.34. The van der Waals surface area contributed by atoms with Gasteiger partial charge in [-0.15, -0.1) is 11.3 Å². The highest BCUT2D eigenvalue weighted by Crippen LogP contribution is 2.34. The summed E-state index contributed by atoms with van der Waals surface area (Å²) in [7, 11) is 1.57. The van der Waals surface area contributed by atoms with Crippen LogP contribution >= 0.6 is 11.3 Å². The predicted molar refractivity (Wildman–Crippen MR) is 143 cm³/mol. The number of fused-ring (bicyclic) bond motifs is 1. The van der Waals surface area contributed by atoms with Crippen molar-refractivity contribution in [1.29, 1.82) is 0 Å². The third-order valence-corrected chi connectivity index (χ3v) is 6.10. The molecule has 10 heteroatoms. The molecular weight excluding hydrogens is 517 g/mol. The van der Waals surface area contributed by atoms with Gasteiger partial charge in [0.15, 0.2) is 23.1 Å². The van der Waals surface area contributed by atoms with Gasteiger partial charge in [0, 0.05) is 17.1 Å². The fourth-order valence-corrected chi connectivity index (χ4v) is 4.32. The van der Waals surface area contributed by atoms with Gasteiger partial charge in [-0.25, -0.2) is 4.98 Å². The van der Waals surface area contributed by atoms with Crippen molar-refractivity contribution in [2.24, 2.45) is 5.41 Å². The molecule has 2 heterocycles. The average molecular weight is 545 g/mol. The summed E-state index contributed by atoms with van der Waals surface area (Å²) in [5.41, 5.74) is 1.58. The van der Waals surface area contributed by atoms with E-state index in [1.807, 2.05) is 18.2 Å². The zero-order valence-corrected chi connectivity index (χ0v) is 22.2. The Morgan fingerprint density at radius 3 is 2.39 bits per heavy atom. The average Bonchev–Trinajstić information content (AvgIpc) is 3.33. The Hall–Kier alpha value is -3.79. The molecule has 0 spiro atoms. The van der Waals surface area contributed by atoms with Gasteiger partial charge in [-0.05, 0) is 41.3 Å². The third kappa shape index (κ3) is 6.55. The molecule has 0 aliphatic carbocycles. The van der Waals surface area contributed by atoms with Gasteiger partial charge in [-0.2, -0.15) is 13.2 Å². The summed E-state index contributed by atoms with van der Waals surface area (Å²) in [6, 6.07) is 11.4. The Labute approximate surface area is 221 Å². The fourth-order valence-electron chi connectivity index (χ4n) is 3.61. The van der Waals surface area contributed by atoms with E-state index < -0.39 is 12.8 Å². The van der Waals surface area contributed by atoms with E-state index in [1.165, 1.54) is 27.9 Å². The highest BCUT2D eigenvalue weighted by molar-refractivity contribution is 7.15. The Morgan fingerprint density at radius 1 is 1.00 bits per heavy atom. The van der Waals surface area contributed by atoms with Crippen LogP contribution in [0, 0.1) is 5.41 Å². The zero-order valence-electron chi connectivity index (χ0n) is 21.3. The molecule has 0 bridgehead atoms. The van der Waals surface area contributed by atoms with E-state index in [1.54, 1.807) is 43.0 Å². The number of hydrogen-bond acceptors (Lipinski definition) is 6. The zero-order chi connectivity index (χ0) is 27.5. The number of ether oxygens (including phenoxy) is 3. The molecule has 0 saturated carbocycles. The molecule has 4 aromatic rings. The van der Waals surface area contributed by atoms with Crippen LogP contribution in [0.2, 0.25) is 0 Å². The molecule has 6 nitrogen and oxygen atoms in total. The number of thiazole rings is 1. The van der Waals surface area contributed by atoms with Crippen LogP contribution in [0.4, 0.5) is 13.2 Å². The lowest BCUT2D eigenvalue weighted by molar-refractivity contribution is -0.153. The Kier molecular flexibility index (Phi) is 7.82. The second-order valence-corrected chi connectivity index (χ2v) is 10.6. The maximum absolute atomic E-state index is 13.4. The van der Waals surface area contributed by atoms with Crippen molar-refractivity contribution in [3.63, 3.8) is 0 Å². The maximum Gasteiger partial charge on any atom is 0.422 e. The van der Waals surface area contributed by atoms with Crippen molar-refractivity contribution in [3.8, 4) is 28.4 Å². The number of benzene rings is 2. The maximum atomic E-state index is 13.4. The van der Waals surface area contributed by atoms with Crippen molar-refractivity contribution in [3.05, 3.63) is 75.7 Å². The molecule has 0 amide bonds. The Bertz CT molecular complexity index is 1500. The molecule has 0 unspecified atom stereocenters. The quantitative estimate of drug-likeness (QED) is 0.240. The molecule has 0 atom stereocenters. The van der Waals surface area contributed by atoms with E-state index >= 15 is 0 Å². The predicted octanol–water partition coefficient (Wildman–Crippen LogP) is 6.97. The van der Waals surface area contributed by atoms with Gasteiger partial charge in [0.2, 0.25) is 0 Å². The molecule has 0 fully saturated rings. The summed E-state index contributed by atoms with van der Waals surface area (Å²) < 4.78 is 55.4. The van der Waals surface area contributed by atoms with E-state index in [-0.39, 0.29) is 16.7 Å². The SMILES string of the molecule is COc1cccc(/C=C/c2nc3sccn3c(=O)c2-c2ccc(OCC(F)(F)F)cc2)c1OCC(C)(C)C. The summed E-state index contributed by atoms with van der Waals surface area (Å²) in [5, 5.41) is 1.76. The summed E-state index contributed by atoms with van der Waals surface area (Å²) in [4.78, 5) is 18.6. The van der Waals surface area contributed by atoms with Gasteiger partial charge in [0.05, 0.1) is 25.0 Å². The molecule has 2 aromatic carbocycles. The van der Waals surface area contributed by atoms with Crippen LogP contribution in [-0.4, -0.2) is 35.9 Å². The number of methoxy groups -OCH3 is 1. The smallest absolute Gasteiger partial charge is 0.422 e. The van der Waals surface area contributed by atoms with E-state index in [0.29, 0.717) is 39.9 Å². The number of hydrogen-bond donors (Lipinski definition) is 0. The molecule has 200 valence electrons. The molecule has 0 radical (unpaired) electrons. The van der Waals surface area contributed by atoms with Crippen molar-refractivity contribution in [1.82, 2.24) is 9.38 Å². The lowest BCUT2D eigenvalue weighted by Crippen LogP contribution is -2.19. The number of aromatic nitrogens is 2. The van der Waals surface area contributed by atoms with Crippen LogP contribution in [0.3, 0.4) is 0 Å². The number of nitrogens with zero attached hydrogens (tertiary/aromatic N) is 2. The molecule has 0 saturated heterocycles. The minimum Gasteiger partial charge on any atom is -0.493 e. The molecule has 2 aromatic heterocycles. The lowest BCUT2D eigenvalue weighted by atomic mass is 9.98. The van der Waals surface area contributed by atoms with Crippen molar-refractivity contribution < 1.29 is 27.4 Å². The van der Waals surface area contributed by atoms with Gasteiger partial charge in [0.25, 0.3) is 5.56 Å². The van der Waals surface area contributed by atoms with Crippen molar-refractivity contribution >= 4 is 28.4 Å². The highest BCUT2D eigenvalue weighted by Gasteiger charge is 2.28. The monoisotopic (exact) mass is 544 g/mol. The van der Waals surface area contributed by atoms with Gasteiger partial charge >= 0.3 is 6.18 Å². The van der Waals surface area contributed by atoms with Crippen molar-refractivity contribution in [2.75, 3.05) is 20.3 Å². The number of para-hydroxylation sites is 1. The van der Waals surface area contributed by atoms with Crippen LogP contribution in [0.1, 0.15) is 32.0 Å². The second-order valence-electron chi connectivity index (χ2n) is 9.72. The number of alkyl halides is 3. The van der Waals surface area contributed by atoms with Crippen LogP contribution in [0.5, 0.6) is 17.2 Å². The molecule has 38 heavy (non-hydrogen) atoms. The van der Waals surface area contributed by atoms with Crippen molar-refractivity contribution in [2.45, 2.75) is 26.9 Å². The minimum atomic E-state index is -4.45. The molecule has 0 aliphatic rings. The standard InChI is InChI=1S/C28H27F3N2O4S/c1-27(2,3)16-37-24-19(6-5-7-22(24)35-4)10-13-21-23(25(34)33-14-15-38-26(33)32-21)18-8-11-20(12-9-18)36-17-28(29,30)31/h5-15H,16-17H2,1-4H3/b13-10+. The first-order valence-corrected chi connectivity index (χ1v) is 12.6. The highest BCUT2D eigenvalue weighted by atomic mass is 32.1. The van der Waals surface area contributed by atoms with Crippen LogP contribution in [0.25, 0.3) is 28.2 Å². The second kappa shape index (κ2) is 10.9. The number of halogens is 3. The first kappa shape index (κ1) is 27.3. The first-order chi connectivity index (χ1) is 17.9. The van der Waals surface area contributed by atoms with Crippen LogP contribution < -0.4 is 19.8 Å². The Balaban J connectivity index is 1.75. The van der Waals surface area contributed by atoms with E-state index in [9.17, 15) is 18.0 Å². The first-order valence-electron chi connectivity index (χ1n) is 11.7. The molecule has 4 rings (SSSR count). The Morgan fingerprint density at radius 2 is 1.74 bits per heavy atom. The minimum absolute atomic E-state index is 0.0462. The largest absolute Gasteiger partial charge is 0.493 e. The van der Waals surface area contributed by atoms with Gasteiger partial charge in [-0.3, -0.25) is 9.20 Å². The van der Waals surface area contributed by atoms with Gasteiger partial charge < -0.3 is 14.2 Å². The summed E-state index contributed by atoms with van der Waals surface area (Å²) in [6.07, 6.45) is 0.715. The van der Waals surface area contributed by atoms with Crippen LogP contribution in [0.15, 0.2) is 58.8 Å². The molecule has 0 N–H and O–H groups in total. The molecular formula is C28H27F3N2O4S. The fraction of sp³-hybridized carbons (Fsp3) is 0.286. The number of rotatable bonds is 8. The summed E-state index contributed by atoms with van der Waals surface area (Å²) >= 11 is 1.32. The van der Waals surface area contributed by atoms with E-state index in [4.69, 9.17) is 14.2 Å². The van der Waals surface area contributed by atoms with E-state index in [0.717, 1.165) is 5.56 Å². The van der Waals surface area contributed by atoms with Gasteiger partial charge in [-0.1, -0.05) is 45.0 Å². The normalized spacial score (nSPS) is 12.3. The van der Waals surface area contributed by atoms with Gasteiger partial charge in [0.1, 0.15) is 5.75 Å². The van der Waals surface area contributed by atoms with Crippen LogP contribution in [-0.2, 0) is 0 Å². The molecule has 0 aliphatic heterocycles. The summed E-state index contributed by atoms with van der Waals surface area (Å²) in [5.74, 6) is 1.19. The lowest BCUT2D eigenvalue weighted by Gasteiger charge is -2.21. The van der Waals surface area contributed by atoms with E-state index in [2.05, 4.69) is 25.8 Å². The summed E-state index contributed by atoms with van der Waals surface area (Å²) in [6.45, 7) is 5.26.